The topological polar surface area (TPSA) is 70.8 Å². The molecule has 0 fully saturated rings. The molecular formula is C37H37NO4. The number of aryl methyl sites for hydroxylation is 2. The lowest BCUT2D eigenvalue weighted by atomic mass is 9.77. The molecule has 1 aliphatic heterocycles. The first-order valence-corrected chi connectivity index (χ1v) is 14.3. The van der Waals surface area contributed by atoms with Crippen molar-refractivity contribution in [2.45, 2.75) is 32.3 Å². The van der Waals surface area contributed by atoms with E-state index in [-0.39, 0.29) is 0 Å². The average molecular weight is 560 g/mol. The van der Waals surface area contributed by atoms with Gasteiger partial charge in [0.25, 0.3) is 0 Å². The maximum Gasteiger partial charge on any atom is 0.177 e. The van der Waals surface area contributed by atoms with E-state index in [4.69, 9.17) is 24.7 Å². The van der Waals surface area contributed by atoms with Crippen LogP contribution < -0.4 is 19.9 Å². The molecule has 214 valence electrons. The Labute approximate surface area is 247 Å². The van der Waals surface area contributed by atoms with Crippen molar-refractivity contribution in [2.24, 2.45) is 5.73 Å². The Kier molecular flexibility index (Phi) is 8.60. The molecule has 0 radical (unpaired) electrons. The highest BCUT2D eigenvalue weighted by Crippen LogP contribution is 2.53. The van der Waals surface area contributed by atoms with E-state index in [1.807, 2.05) is 12.1 Å². The summed E-state index contributed by atoms with van der Waals surface area (Å²) in [5.74, 6) is 2.33. The Hall–Kier alpha value is -4.61. The van der Waals surface area contributed by atoms with Crippen LogP contribution in [0.4, 0.5) is 0 Å². The first kappa shape index (κ1) is 28.9. The highest BCUT2D eigenvalue weighted by molar-refractivity contribution is 6.04. The third-order valence-corrected chi connectivity index (χ3v) is 7.97. The molecule has 1 heterocycles. The summed E-state index contributed by atoms with van der Waals surface area (Å²) in [5.41, 5.74) is 13.2. The Balaban J connectivity index is 0.00000113. The zero-order chi connectivity index (χ0) is 29.7. The number of methoxy groups -OCH3 is 2. The third kappa shape index (κ3) is 4.90. The Bertz CT molecular complexity index is 1700. The second-order valence-corrected chi connectivity index (χ2v) is 10.2. The number of benzene rings is 4. The molecule has 6 rings (SSSR count). The van der Waals surface area contributed by atoms with Crippen molar-refractivity contribution in [2.75, 3.05) is 20.8 Å². The largest absolute Gasteiger partial charge is 0.493 e. The molecule has 0 saturated carbocycles. The molecule has 1 unspecified atom stereocenters. The van der Waals surface area contributed by atoms with Crippen LogP contribution in [0.15, 0.2) is 96.6 Å². The molecule has 42 heavy (non-hydrogen) atoms. The lowest BCUT2D eigenvalue weighted by Crippen LogP contribution is -2.35. The fraction of sp³-hybridized carbons (Fsp3) is 0.216. The van der Waals surface area contributed by atoms with Gasteiger partial charge in [-0.1, -0.05) is 72.8 Å². The minimum atomic E-state index is -0.806. The summed E-state index contributed by atoms with van der Waals surface area (Å²) < 4.78 is 18.8. The van der Waals surface area contributed by atoms with E-state index in [1.54, 1.807) is 14.2 Å². The van der Waals surface area contributed by atoms with E-state index in [2.05, 4.69) is 91.9 Å². The predicted molar refractivity (Wildman–Crippen MR) is 171 cm³/mol. The number of aldehydes is 1. The number of hydrogen-bond donors (Lipinski definition) is 1. The number of carbonyl (C=O) groups is 1. The predicted octanol–water partition coefficient (Wildman–Crippen LogP) is 7.59. The minimum Gasteiger partial charge on any atom is -0.493 e. The van der Waals surface area contributed by atoms with Gasteiger partial charge in [0.2, 0.25) is 0 Å². The molecular weight excluding hydrogens is 522 g/mol. The van der Waals surface area contributed by atoms with Crippen LogP contribution in [0.25, 0.3) is 28.0 Å². The van der Waals surface area contributed by atoms with Crippen LogP contribution in [0.1, 0.15) is 36.1 Å². The van der Waals surface area contributed by atoms with Crippen LogP contribution in [0.5, 0.6) is 17.2 Å². The van der Waals surface area contributed by atoms with Crippen LogP contribution in [0.3, 0.4) is 0 Å². The van der Waals surface area contributed by atoms with Gasteiger partial charge >= 0.3 is 0 Å². The summed E-state index contributed by atoms with van der Waals surface area (Å²) in [6.07, 6.45) is 13.2. The Morgan fingerprint density at radius 2 is 1.62 bits per heavy atom. The third-order valence-electron chi connectivity index (χ3n) is 7.97. The normalized spacial score (nSPS) is 16.9. The number of hydrogen-bond acceptors (Lipinski definition) is 5. The quantitative estimate of drug-likeness (QED) is 0.195. The van der Waals surface area contributed by atoms with Gasteiger partial charge in [-0.2, -0.15) is 0 Å². The molecule has 5 heteroatoms. The van der Waals surface area contributed by atoms with Crippen LogP contribution in [0, 0.1) is 0 Å². The minimum absolute atomic E-state index is 0.456. The van der Waals surface area contributed by atoms with Gasteiger partial charge in [0.05, 0.1) is 14.2 Å². The number of fused-ring (bicyclic) bond motifs is 8. The smallest absolute Gasteiger partial charge is 0.177 e. The Morgan fingerprint density at radius 3 is 2.29 bits per heavy atom. The van der Waals surface area contributed by atoms with Crippen molar-refractivity contribution in [3.05, 3.63) is 119 Å². The van der Waals surface area contributed by atoms with Crippen LogP contribution in [0.2, 0.25) is 0 Å². The lowest BCUT2D eigenvalue weighted by Gasteiger charge is -2.39. The molecule has 1 aliphatic carbocycles. The molecule has 0 bridgehead atoms. The average Bonchev–Trinajstić information content (AvgIpc) is 3.04. The number of allylic oxidation sites excluding steroid dienone is 1. The fourth-order valence-corrected chi connectivity index (χ4v) is 6.13. The van der Waals surface area contributed by atoms with Crippen molar-refractivity contribution >= 4 is 23.1 Å². The van der Waals surface area contributed by atoms with Gasteiger partial charge in [-0.3, -0.25) is 0 Å². The van der Waals surface area contributed by atoms with E-state index in [0.29, 0.717) is 12.3 Å². The number of nitrogens with two attached hydrogens (primary N) is 1. The van der Waals surface area contributed by atoms with E-state index >= 15 is 0 Å². The van der Waals surface area contributed by atoms with Gasteiger partial charge in [-0.15, -0.1) is 0 Å². The number of rotatable bonds is 6. The van der Waals surface area contributed by atoms with Gasteiger partial charge in [0.1, 0.15) is 12.0 Å². The monoisotopic (exact) mass is 559 g/mol. The van der Waals surface area contributed by atoms with E-state index in [9.17, 15) is 0 Å². The summed E-state index contributed by atoms with van der Waals surface area (Å²) in [6, 6.07) is 23.3. The molecule has 1 atom stereocenters. The zero-order valence-electron chi connectivity index (χ0n) is 24.6. The van der Waals surface area contributed by atoms with Gasteiger partial charge in [0.15, 0.2) is 17.1 Å². The second kappa shape index (κ2) is 12.5. The maximum atomic E-state index is 8.81. The lowest BCUT2D eigenvalue weighted by molar-refractivity contribution is -0.106. The first-order chi connectivity index (χ1) is 20.6. The van der Waals surface area contributed by atoms with E-state index < -0.39 is 5.60 Å². The van der Waals surface area contributed by atoms with E-state index in [1.165, 1.54) is 29.0 Å². The summed E-state index contributed by atoms with van der Waals surface area (Å²) in [7, 11) is 3.37. The molecule has 2 aliphatic rings. The Morgan fingerprint density at radius 1 is 0.952 bits per heavy atom. The van der Waals surface area contributed by atoms with Gasteiger partial charge in [0, 0.05) is 23.2 Å². The zero-order valence-corrected chi connectivity index (χ0v) is 24.6. The standard InChI is InChI=1S/C35H33NO3.C2H4O/c1-4-24(14-10-20-36)35(25-12-6-5-7-13-25)19-18-28-30-22-32(38-3)31(37-2)21-29(30)27-17-16-23-11-8-9-15-26(23)33(27)34(28)39-35;1-2-3/h4-15,18-19,21-22H,16-17,20,36H2,1-3H3;2H,1H3/b14-10-,24-4+;. The van der Waals surface area contributed by atoms with Crippen LogP contribution in [-0.2, 0) is 23.2 Å². The van der Waals surface area contributed by atoms with Gasteiger partial charge in [-0.05, 0) is 84.0 Å². The SMILES string of the molecule is C/C=C(\C=C/CN)C1(c2ccccc2)C=Cc2c(c3c(c4cc(OC)c(OC)cc24)CCc2ccccc2-3)O1.CC=O. The molecule has 4 aromatic rings. The highest BCUT2D eigenvalue weighted by Gasteiger charge is 2.40. The summed E-state index contributed by atoms with van der Waals surface area (Å²) in [5, 5.41) is 2.27. The van der Waals surface area contributed by atoms with Gasteiger partial charge < -0.3 is 24.7 Å². The second-order valence-electron chi connectivity index (χ2n) is 10.2. The summed E-state index contributed by atoms with van der Waals surface area (Å²) in [4.78, 5) is 8.81. The summed E-state index contributed by atoms with van der Waals surface area (Å²) >= 11 is 0. The highest BCUT2D eigenvalue weighted by atomic mass is 16.5. The fourth-order valence-electron chi connectivity index (χ4n) is 6.13. The molecule has 4 aromatic carbocycles. The molecule has 5 nitrogen and oxygen atoms in total. The number of carbonyl (C=O) groups excluding carboxylic acids is 1. The van der Waals surface area contributed by atoms with Gasteiger partial charge in [-0.25, -0.2) is 0 Å². The van der Waals surface area contributed by atoms with Crippen molar-refractivity contribution in [1.82, 2.24) is 0 Å². The van der Waals surface area contributed by atoms with Crippen molar-refractivity contribution in [3.63, 3.8) is 0 Å². The maximum absolute atomic E-state index is 8.81. The summed E-state index contributed by atoms with van der Waals surface area (Å²) in [6.45, 7) is 3.95. The first-order valence-electron chi connectivity index (χ1n) is 14.3. The number of ether oxygens (including phenoxy) is 3. The van der Waals surface area contributed by atoms with Crippen LogP contribution >= 0.6 is 0 Å². The van der Waals surface area contributed by atoms with Crippen LogP contribution in [-0.4, -0.2) is 27.1 Å². The molecule has 2 N–H and O–H groups in total. The molecule has 0 amide bonds. The molecule has 0 saturated heterocycles. The molecule has 0 aromatic heterocycles. The van der Waals surface area contributed by atoms with Crippen molar-refractivity contribution in [3.8, 4) is 28.4 Å². The van der Waals surface area contributed by atoms with Crippen molar-refractivity contribution in [1.29, 1.82) is 0 Å². The molecule has 0 spiro atoms. The van der Waals surface area contributed by atoms with E-state index in [0.717, 1.165) is 58.3 Å². The van der Waals surface area contributed by atoms with Crippen molar-refractivity contribution < 1.29 is 19.0 Å².